The number of ether oxygens (including phenoxy) is 1. The van der Waals surface area contributed by atoms with Crippen LogP contribution in [0.3, 0.4) is 0 Å². The molecule has 0 aliphatic heterocycles. The summed E-state index contributed by atoms with van der Waals surface area (Å²) in [5.41, 5.74) is 3.10. The van der Waals surface area contributed by atoms with Crippen molar-refractivity contribution in [3.05, 3.63) is 65.3 Å². The summed E-state index contributed by atoms with van der Waals surface area (Å²) in [5, 5.41) is 14.2. The number of carbonyl (C=O) groups excluding carboxylic acids is 1. The zero-order valence-corrected chi connectivity index (χ0v) is 28.5. The lowest BCUT2D eigenvalue weighted by Gasteiger charge is -2.59. The Kier molecular flexibility index (Phi) is 10.2. The van der Waals surface area contributed by atoms with Crippen LogP contribution in [0.15, 0.2) is 54.6 Å². The van der Waals surface area contributed by atoms with Gasteiger partial charge in [0.05, 0.1) is 17.3 Å². The number of hydrogen-bond acceptors (Lipinski definition) is 6. The quantitative estimate of drug-likeness (QED) is 0.215. The van der Waals surface area contributed by atoms with Crippen molar-refractivity contribution in [1.29, 1.82) is 0 Å². The zero-order chi connectivity index (χ0) is 31.9. The van der Waals surface area contributed by atoms with Crippen molar-refractivity contribution in [2.75, 3.05) is 46.2 Å². The van der Waals surface area contributed by atoms with Gasteiger partial charge in [0.15, 0.2) is 0 Å². The summed E-state index contributed by atoms with van der Waals surface area (Å²) in [6.07, 6.45) is 5.49. The molecular formula is C36H44Cl2N4O4. The van der Waals surface area contributed by atoms with Crippen LogP contribution in [-0.4, -0.2) is 73.7 Å². The lowest BCUT2D eigenvalue weighted by atomic mass is 9.48. The molecule has 4 bridgehead atoms. The van der Waals surface area contributed by atoms with E-state index in [-0.39, 0.29) is 29.9 Å². The van der Waals surface area contributed by atoms with Gasteiger partial charge in [-0.05, 0) is 107 Å². The van der Waals surface area contributed by atoms with E-state index >= 15 is 0 Å². The van der Waals surface area contributed by atoms with Gasteiger partial charge in [0.2, 0.25) is 0 Å². The number of aliphatic carboxylic acids is 1. The predicted octanol–water partition coefficient (Wildman–Crippen LogP) is 6.90. The highest BCUT2D eigenvalue weighted by Gasteiger charge is 2.62. The number of aromatic nitrogens is 1. The zero-order valence-electron chi connectivity index (χ0n) is 27.0. The maximum Gasteiger partial charge on any atom is 0.330 e. The molecule has 0 atom stereocenters. The Balaban J connectivity index is 0.00000417. The third-order valence-electron chi connectivity index (χ3n) is 10.1. The van der Waals surface area contributed by atoms with Gasteiger partial charge in [-0.2, -0.15) is 0 Å². The first-order valence-corrected chi connectivity index (χ1v) is 16.4. The summed E-state index contributed by atoms with van der Waals surface area (Å²) >= 11 is 6.56. The minimum absolute atomic E-state index is 0. The van der Waals surface area contributed by atoms with Gasteiger partial charge in [-0.15, -0.1) is 12.4 Å². The minimum atomic E-state index is -1.25. The second-order valence-corrected chi connectivity index (χ2v) is 14.0. The van der Waals surface area contributed by atoms with Crippen LogP contribution in [0.2, 0.25) is 5.02 Å². The topological polar surface area (TPSA) is 95.0 Å². The summed E-state index contributed by atoms with van der Waals surface area (Å²) in [4.78, 5) is 36.1. The normalized spacial score (nSPS) is 24.4. The van der Waals surface area contributed by atoms with Crippen LogP contribution in [0.4, 0.5) is 5.69 Å². The maximum absolute atomic E-state index is 14.0. The Bertz CT molecular complexity index is 1570. The first kappa shape index (κ1) is 34.0. The van der Waals surface area contributed by atoms with Crippen LogP contribution < -0.4 is 15.0 Å². The number of halogens is 2. The largest absolute Gasteiger partial charge is 0.492 e. The fraction of sp³-hybridized carbons (Fsp3) is 0.472. The third-order valence-corrected chi connectivity index (χ3v) is 10.4. The van der Waals surface area contributed by atoms with Gasteiger partial charge < -0.3 is 25.0 Å². The maximum atomic E-state index is 14.0. The number of carboxylic acid groups (broad SMARTS) is 1. The molecule has 3 aromatic rings. The molecule has 0 radical (unpaired) electrons. The highest BCUT2D eigenvalue weighted by molar-refractivity contribution is 6.32. The number of amides is 1. The molecule has 7 rings (SSSR count). The number of nitrogens with zero attached hydrogens (tertiary/aromatic N) is 3. The van der Waals surface area contributed by atoms with Crippen molar-refractivity contribution in [2.24, 2.45) is 23.7 Å². The van der Waals surface area contributed by atoms with E-state index in [1.807, 2.05) is 75.6 Å². The van der Waals surface area contributed by atoms with Crippen molar-refractivity contribution in [1.82, 2.24) is 15.2 Å². The van der Waals surface area contributed by atoms with Gasteiger partial charge in [0, 0.05) is 43.0 Å². The van der Waals surface area contributed by atoms with Crippen LogP contribution in [-0.2, 0) is 4.79 Å². The molecule has 4 aliphatic carbocycles. The summed E-state index contributed by atoms with van der Waals surface area (Å²) in [6.45, 7) is 1.40. The summed E-state index contributed by atoms with van der Waals surface area (Å²) in [7, 11) is 8.03. The Morgan fingerprint density at radius 1 is 0.957 bits per heavy atom. The molecule has 0 saturated heterocycles. The van der Waals surface area contributed by atoms with Crippen molar-refractivity contribution in [3.63, 3.8) is 0 Å². The fourth-order valence-corrected chi connectivity index (χ4v) is 8.40. The molecule has 4 fully saturated rings. The first-order valence-electron chi connectivity index (χ1n) is 16.0. The molecule has 8 nitrogen and oxygen atoms in total. The molecule has 2 N–H and O–H groups in total. The average Bonchev–Trinajstić information content (AvgIpc) is 3.01. The Hall–Kier alpha value is -3.33. The molecule has 0 unspecified atom stereocenters. The Morgan fingerprint density at radius 3 is 2.26 bits per heavy atom. The van der Waals surface area contributed by atoms with Crippen molar-refractivity contribution < 1.29 is 19.4 Å². The van der Waals surface area contributed by atoms with Gasteiger partial charge >= 0.3 is 5.97 Å². The lowest BCUT2D eigenvalue weighted by molar-refractivity contribution is -0.163. The summed E-state index contributed by atoms with van der Waals surface area (Å²) in [5.74, 6) is 0.218. The van der Waals surface area contributed by atoms with Gasteiger partial charge in [0.1, 0.15) is 17.0 Å². The van der Waals surface area contributed by atoms with E-state index in [9.17, 15) is 14.7 Å². The number of benzene rings is 2. The van der Waals surface area contributed by atoms with Crippen molar-refractivity contribution >= 4 is 41.6 Å². The van der Waals surface area contributed by atoms with Crippen LogP contribution in [0.5, 0.6) is 5.75 Å². The van der Waals surface area contributed by atoms with Crippen LogP contribution in [0.25, 0.3) is 22.4 Å². The Labute approximate surface area is 282 Å². The van der Waals surface area contributed by atoms with Gasteiger partial charge in [-0.1, -0.05) is 35.9 Å². The molecule has 1 aromatic heterocycles. The minimum Gasteiger partial charge on any atom is -0.492 e. The van der Waals surface area contributed by atoms with Crippen LogP contribution >= 0.6 is 24.0 Å². The van der Waals surface area contributed by atoms with Gasteiger partial charge in [-0.3, -0.25) is 4.79 Å². The fourth-order valence-electron chi connectivity index (χ4n) is 8.22. The molecule has 1 amide bonds. The summed E-state index contributed by atoms with van der Waals surface area (Å²) in [6, 6.07) is 17.2. The van der Waals surface area contributed by atoms with Crippen molar-refractivity contribution in [3.8, 4) is 28.1 Å². The Morgan fingerprint density at radius 2 is 1.63 bits per heavy atom. The van der Waals surface area contributed by atoms with E-state index in [4.69, 9.17) is 21.3 Å². The standard InChI is InChI=1S/C36H43ClN4O4.ClH/c1-40(2)14-7-15-45-32-21-24(10-12-29(32)37)33-28(27-8-5-6-9-31(27)41(3)4)11-13-30(38-33)34(42)39-36(35(43)44)25-17-22-16-23(19-25)20-26(36)18-22;/h5-6,8-13,21-23,25-26H,7,14-20H2,1-4H3,(H,39,42)(H,43,44);1H. The molecule has 1 heterocycles. The number of carbonyl (C=O) groups is 2. The smallest absolute Gasteiger partial charge is 0.330 e. The molecule has 246 valence electrons. The number of nitrogens with one attached hydrogen (secondary N) is 1. The second kappa shape index (κ2) is 13.8. The number of rotatable bonds is 11. The van der Waals surface area contributed by atoms with E-state index in [1.165, 1.54) is 6.42 Å². The van der Waals surface area contributed by atoms with Gasteiger partial charge in [-0.25, -0.2) is 9.78 Å². The highest BCUT2D eigenvalue weighted by Crippen LogP contribution is 2.58. The number of carboxylic acids is 1. The SMILES string of the molecule is CN(C)CCCOc1cc(-c2nc(C(=O)NC3(C(=O)O)C4CC5CC(C4)CC3C5)ccc2-c2ccccc2N(C)C)ccc1Cl.Cl. The van der Waals surface area contributed by atoms with E-state index in [2.05, 4.69) is 10.2 Å². The van der Waals surface area contributed by atoms with E-state index in [0.29, 0.717) is 34.9 Å². The average molecular weight is 668 g/mol. The third kappa shape index (κ3) is 6.44. The molecule has 4 aliphatic rings. The van der Waals surface area contributed by atoms with Crippen LogP contribution in [0.1, 0.15) is 49.0 Å². The number of anilines is 1. The molecule has 0 spiro atoms. The van der Waals surface area contributed by atoms with Gasteiger partial charge in [0.25, 0.3) is 5.91 Å². The number of pyridine rings is 1. The molecular weight excluding hydrogens is 623 g/mol. The predicted molar refractivity (Wildman–Crippen MR) is 185 cm³/mol. The molecule has 2 aromatic carbocycles. The highest BCUT2D eigenvalue weighted by atomic mass is 35.5. The second-order valence-electron chi connectivity index (χ2n) is 13.6. The monoisotopic (exact) mass is 666 g/mol. The van der Waals surface area contributed by atoms with Crippen LogP contribution in [0, 0.1) is 23.7 Å². The molecule has 10 heteroatoms. The van der Waals surface area contributed by atoms with Crippen molar-refractivity contribution in [2.45, 2.75) is 44.1 Å². The molecule has 4 saturated carbocycles. The molecule has 46 heavy (non-hydrogen) atoms. The van der Waals surface area contributed by atoms with E-state index in [0.717, 1.165) is 61.0 Å². The van der Waals surface area contributed by atoms with E-state index < -0.39 is 17.4 Å². The number of hydrogen-bond donors (Lipinski definition) is 2. The lowest BCUT2D eigenvalue weighted by Crippen LogP contribution is -2.70. The first-order chi connectivity index (χ1) is 21.6. The summed E-state index contributed by atoms with van der Waals surface area (Å²) < 4.78 is 6.09. The number of para-hydroxylation sites is 1. The van der Waals surface area contributed by atoms with E-state index in [1.54, 1.807) is 12.1 Å².